The van der Waals surface area contributed by atoms with Crippen LogP contribution < -0.4 is 5.32 Å². The van der Waals surface area contributed by atoms with Crippen molar-refractivity contribution in [1.29, 1.82) is 0 Å². The van der Waals surface area contributed by atoms with Crippen LogP contribution in [0.2, 0.25) is 5.02 Å². The fourth-order valence-electron chi connectivity index (χ4n) is 3.68. The summed E-state index contributed by atoms with van der Waals surface area (Å²) in [6, 6.07) is 9.48. The molecule has 8 heteroatoms. The van der Waals surface area contributed by atoms with Gasteiger partial charge >= 0.3 is 0 Å². The number of fused-ring (bicyclic) bond motifs is 1. The topological polar surface area (TPSA) is 79.6 Å². The minimum absolute atomic E-state index is 0.170. The highest BCUT2D eigenvalue weighted by atomic mass is 35.5. The third-order valence-corrected chi connectivity index (χ3v) is 5.78. The van der Waals surface area contributed by atoms with E-state index < -0.39 is 5.54 Å². The number of rotatable bonds is 3. The van der Waals surface area contributed by atoms with Crippen LogP contribution in [-0.4, -0.2) is 49.9 Å². The van der Waals surface area contributed by atoms with E-state index in [0.29, 0.717) is 23.8 Å². The lowest BCUT2D eigenvalue weighted by molar-refractivity contribution is -0.133. The van der Waals surface area contributed by atoms with Gasteiger partial charge in [-0.1, -0.05) is 37.6 Å². The van der Waals surface area contributed by atoms with Crippen LogP contribution in [0.3, 0.4) is 0 Å². The molecule has 1 fully saturated rings. The maximum atomic E-state index is 13.2. The van der Waals surface area contributed by atoms with Crippen LogP contribution in [0.5, 0.6) is 0 Å². The quantitative estimate of drug-likeness (QED) is 0.696. The third-order valence-electron chi connectivity index (χ3n) is 5.53. The average Bonchev–Trinajstić information content (AvgIpc) is 3.13. The number of halogens is 1. The molecule has 0 unspecified atom stereocenters. The maximum Gasteiger partial charge on any atom is 0.275 e. The predicted octanol–water partition coefficient (Wildman–Crippen LogP) is 3.52. The molecule has 0 atom stereocenters. The van der Waals surface area contributed by atoms with Crippen molar-refractivity contribution in [3.63, 3.8) is 0 Å². The molecule has 0 spiro atoms. The fraction of sp³-hybridized carbons (Fsp3) is 0.364. The Bertz CT molecular complexity index is 1130. The molecule has 0 bridgehead atoms. The van der Waals surface area contributed by atoms with Crippen LogP contribution in [0.1, 0.15) is 49.7 Å². The maximum absolute atomic E-state index is 13.2. The number of carbonyl (C=O) groups is 2. The number of carbonyl (C=O) groups excluding carboxylic acids is 2. The van der Waals surface area contributed by atoms with Crippen LogP contribution in [0.4, 0.5) is 0 Å². The molecule has 0 radical (unpaired) electrons. The molecule has 156 valence electrons. The molecule has 7 nitrogen and oxygen atoms in total. The van der Waals surface area contributed by atoms with Crippen molar-refractivity contribution in [1.82, 2.24) is 24.8 Å². The van der Waals surface area contributed by atoms with Gasteiger partial charge in [0, 0.05) is 29.2 Å². The number of piperazine rings is 1. The summed E-state index contributed by atoms with van der Waals surface area (Å²) >= 11 is 6.02. The van der Waals surface area contributed by atoms with Gasteiger partial charge in [-0.3, -0.25) is 9.59 Å². The molecule has 2 amide bonds. The molecule has 0 saturated carbocycles. The Kier molecular flexibility index (Phi) is 5.02. The smallest absolute Gasteiger partial charge is 0.275 e. The van der Waals surface area contributed by atoms with Gasteiger partial charge in [-0.05, 0) is 38.0 Å². The van der Waals surface area contributed by atoms with Crippen molar-refractivity contribution >= 4 is 29.1 Å². The molecule has 1 N–H and O–H groups in total. The van der Waals surface area contributed by atoms with Gasteiger partial charge in [0.2, 0.25) is 5.91 Å². The van der Waals surface area contributed by atoms with Gasteiger partial charge < -0.3 is 10.2 Å². The molecular weight excluding hydrogens is 402 g/mol. The lowest BCUT2D eigenvalue weighted by atomic mass is 9.98. The van der Waals surface area contributed by atoms with Crippen LogP contribution in [-0.2, 0) is 4.79 Å². The van der Waals surface area contributed by atoms with Gasteiger partial charge in [0.1, 0.15) is 11.2 Å². The summed E-state index contributed by atoms with van der Waals surface area (Å²) in [5.74, 6) is -0.260. The Morgan fingerprint density at radius 2 is 1.93 bits per heavy atom. The first-order valence-corrected chi connectivity index (χ1v) is 10.3. The summed E-state index contributed by atoms with van der Waals surface area (Å²) in [6.07, 6.45) is 1.64. The van der Waals surface area contributed by atoms with Crippen molar-refractivity contribution < 1.29 is 9.59 Å². The first kappa shape index (κ1) is 20.3. The molecule has 3 heterocycles. The zero-order valence-corrected chi connectivity index (χ0v) is 18.2. The lowest BCUT2D eigenvalue weighted by Crippen LogP contribution is -2.63. The number of amides is 2. The zero-order valence-electron chi connectivity index (χ0n) is 17.4. The standard InChI is InChI=1S/C22H24ClN5O2/c1-13(2)16-11-17(14-5-7-15(23)8-6-14)26-28-12-18(25-19(16)28)20(29)27-10-9-24-21(30)22(27,3)4/h5-8,11-13H,9-10H2,1-4H3,(H,24,30). The van der Waals surface area contributed by atoms with E-state index in [1.54, 1.807) is 29.5 Å². The van der Waals surface area contributed by atoms with Crippen LogP contribution in [0.25, 0.3) is 16.9 Å². The number of benzene rings is 1. The molecule has 2 aromatic heterocycles. The van der Waals surface area contributed by atoms with Gasteiger partial charge in [-0.15, -0.1) is 0 Å². The molecule has 1 saturated heterocycles. The van der Waals surface area contributed by atoms with Gasteiger partial charge in [-0.2, -0.15) is 5.10 Å². The van der Waals surface area contributed by atoms with Crippen LogP contribution in [0.15, 0.2) is 36.5 Å². The number of hydrogen-bond acceptors (Lipinski definition) is 4. The Morgan fingerprint density at radius 3 is 2.60 bits per heavy atom. The van der Waals surface area contributed by atoms with E-state index in [9.17, 15) is 9.59 Å². The SMILES string of the molecule is CC(C)c1cc(-c2ccc(Cl)cc2)nn2cc(C(=O)N3CCNC(=O)C3(C)C)nc12. The summed E-state index contributed by atoms with van der Waals surface area (Å²) < 4.78 is 1.66. The molecule has 0 aliphatic carbocycles. The molecule has 1 aliphatic rings. The summed E-state index contributed by atoms with van der Waals surface area (Å²) in [5, 5.41) is 8.15. The van der Waals surface area contributed by atoms with E-state index in [1.807, 2.05) is 30.3 Å². The van der Waals surface area contributed by atoms with E-state index in [4.69, 9.17) is 11.6 Å². The second-order valence-corrected chi connectivity index (χ2v) is 8.75. The number of nitrogens with zero attached hydrogens (tertiary/aromatic N) is 4. The Balaban J connectivity index is 1.80. The monoisotopic (exact) mass is 425 g/mol. The number of aromatic nitrogens is 3. The second kappa shape index (κ2) is 7.40. The zero-order chi connectivity index (χ0) is 21.6. The first-order valence-electron chi connectivity index (χ1n) is 9.95. The van der Waals surface area contributed by atoms with Crippen molar-refractivity contribution in [3.8, 4) is 11.3 Å². The van der Waals surface area contributed by atoms with E-state index in [2.05, 4.69) is 29.2 Å². The molecule has 1 aliphatic heterocycles. The third kappa shape index (κ3) is 3.43. The minimum atomic E-state index is -0.937. The van der Waals surface area contributed by atoms with Gasteiger partial charge in [0.25, 0.3) is 5.91 Å². The molecule has 1 aromatic carbocycles. The summed E-state index contributed by atoms with van der Waals surface area (Å²) in [4.78, 5) is 31.7. The summed E-state index contributed by atoms with van der Waals surface area (Å²) in [5.41, 5.74) is 2.68. The summed E-state index contributed by atoms with van der Waals surface area (Å²) in [7, 11) is 0. The van der Waals surface area contributed by atoms with Gasteiger partial charge in [-0.25, -0.2) is 9.50 Å². The van der Waals surface area contributed by atoms with Gasteiger partial charge in [0.15, 0.2) is 5.65 Å². The van der Waals surface area contributed by atoms with Crippen molar-refractivity contribution in [2.45, 2.75) is 39.2 Å². The minimum Gasteiger partial charge on any atom is -0.352 e. The van der Waals surface area contributed by atoms with E-state index in [-0.39, 0.29) is 23.4 Å². The predicted molar refractivity (Wildman–Crippen MR) is 116 cm³/mol. The van der Waals surface area contributed by atoms with Crippen molar-refractivity contribution in [2.75, 3.05) is 13.1 Å². The van der Waals surface area contributed by atoms with E-state index in [1.165, 1.54) is 0 Å². The van der Waals surface area contributed by atoms with Gasteiger partial charge in [0.05, 0.1) is 11.9 Å². The first-order chi connectivity index (χ1) is 14.2. The van der Waals surface area contributed by atoms with Crippen molar-refractivity contribution in [3.05, 3.63) is 52.8 Å². The molecule has 30 heavy (non-hydrogen) atoms. The average molecular weight is 426 g/mol. The Morgan fingerprint density at radius 1 is 1.23 bits per heavy atom. The molecular formula is C22H24ClN5O2. The van der Waals surface area contributed by atoms with Crippen molar-refractivity contribution in [2.24, 2.45) is 0 Å². The summed E-state index contributed by atoms with van der Waals surface area (Å²) in [6.45, 7) is 8.51. The second-order valence-electron chi connectivity index (χ2n) is 8.31. The Labute approximate surface area is 180 Å². The highest BCUT2D eigenvalue weighted by molar-refractivity contribution is 6.30. The number of hydrogen-bond donors (Lipinski definition) is 1. The molecule has 4 rings (SSSR count). The normalized spacial score (nSPS) is 16.2. The molecule has 3 aromatic rings. The van der Waals surface area contributed by atoms with Crippen LogP contribution in [0, 0.1) is 0 Å². The van der Waals surface area contributed by atoms with E-state index in [0.717, 1.165) is 16.8 Å². The fourth-order valence-corrected chi connectivity index (χ4v) is 3.81. The highest BCUT2D eigenvalue weighted by Crippen LogP contribution is 2.27. The highest BCUT2D eigenvalue weighted by Gasteiger charge is 2.41. The van der Waals surface area contributed by atoms with E-state index >= 15 is 0 Å². The van der Waals surface area contributed by atoms with Crippen LogP contribution >= 0.6 is 11.6 Å². The number of nitrogens with one attached hydrogen (secondary N) is 1. The Hall–Kier alpha value is -2.93. The number of imidazole rings is 1. The lowest BCUT2D eigenvalue weighted by Gasteiger charge is -2.40. The largest absolute Gasteiger partial charge is 0.352 e.